The second-order valence-electron chi connectivity index (χ2n) is 4.99. The molecule has 1 saturated carbocycles. The van der Waals surface area contributed by atoms with Gasteiger partial charge in [0.1, 0.15) is 0 Å². The zero-order valence-corrected chi connectivity index (χ0v) is 11.4. The van der Waals surface area contributed by atoms with Crippen molar-refractivity contribution in [2.45, 2.75) is 49.6 Å². The van der Waals surface area contributed by atoms with Crippen LogP contribution in [0.3, 0.4) is 0 Å². The van der Waals surface area contributed by atoms with Crippen LogP contribution in [0.25, 0.3) is 0 Å². The topological polar surface area (TPSA) is 72.2 Å². The minimum Gasteiger partial charge on any atom is -0.307 e. The SMILES string of the molecule is CC(NC1CCCC1)c1cccc(S(N)(=O)=O)c1. The van der Waals surface area contributed by atoms with Gasteiger partial charge in [0.05, 0.1) is 4.90 Å². The maximum absolute atomic E-state index is 11.3. The fourth-order valence-electron chi connectivity index (χ4n) is 2.50. The van der Waals surface area contributed by atoms with Crippen molar-refractivity contribution in [3.8, 4) is 0 Å². The molecule has 1 unspecified atom stereocenters. The third-order valence-electron chi connectivity index (χ3n) is 3.53. The Morgan fingerprint density at radius 1 is 1.33 bits per heavy atom. The maximum atomic E-state index is 11.3. The van der Waals surface area contributed by atoms with Gasteiger partial charge in [-0.3, -0.25) is 0 Å². The lowest BCUT2D eigenvalue weighted by atomic mass is 10.1. The predicted molar refractivity (Wildman–Crippen MR) is 71.6 cm³/mol. The van der Waals surface area contributed by atoms with Gasteiger partial charge >= 0.3 is 0 Å². The fourth-order valence-corrected chi connectivity index (χ4v) is 3.07. The summed E-state index contributed by atoms with van der Waals surface area (Å²) in [6.45, 7) is 2.06. The van der Waals surface area contributed by atoms with Gasteiger partial charge in [0.15, 0.2) is 0 Å². The van der Waals surface area contributed by atoms with Crippen LogP contribution in [0, 0.1) is 0 Å². The Hall–Kier alpha value is -0.910. The maximum Gasteiger partial charge on any atom is 0.238 e. The molecule has 1 aliphatic rings. The van der Waals surface area contributed by atoms with Gasteiger partial charge < -0.3 is 5.32 Å². The molecular weight excluding hydrogens is 248 g/mol. The summed E-state index contributed by atoms with van der Waals surface area (Å²) in [5.74, 6) is 0. The van der Waals surface area contributed by atoms with Crippen LogP contribution in [0.1, 0.15) is 44.2 Å². The van der Waals surface area contributed by atoms with E-state index in [9.17, 15) is 8.42 Å². The minimum atomic E-state index is -3.61. The van der Waals surface area contributed by atoms with Crippen molar-refractivity contribution < 1.29 is 8.42 Å². The molecule has 3 N–H and O–H groups in total. The van der Waals surface area contributed by atoms with Gasteiger partial charge in [-0.15, -0.1) is 0 Å². The van der Waals surface area contributed by atoms with Crippen molar-refractivity contribution >= 4 is 10.0 Å². The van der Waals surface area contributed by atoms with Crippen LogP contribution in [0.2, 0.25) is 0 Å². The van der Waals surface area contributed by atoms with Crippen LogP contribution >= 0.6 is 0 Å². The number of sulfonamides is 1. The summed E-state index contributed by atoms with van der Waals surface area (Å²) < 4.78 is 22.6. The molecule has 0 radical (unpaired) electrons. The fraction of sp³-hybridized carbons (Fsp3) is 0.538. The molecule has 0 spiro atoms. The zero-order valence-electron chi connectivity index (χ0n) is 10.6. The Morgan fingerprint density at radius 2 is 2.00 bits per heavy atom. The van der Waals surface area contributed by atoms with E-state index in [1.165, 1.54) is 31.7 Å². The van der Waals surface area contributed by atoms with Gasteiger partial charge in [-0.25, -0.2) is 13.6 Å². The van der Waals surface area contributed by atoms with Crippen molar-refractivity contribution in [3.05, 3.63) is 29.8 Å². The Kier molecular flexibility index (Phi) is 4.04. The molecule has 0 aromatic heterocycles. The van der Waals surface area contributed by atoms with E-state index < -0.39 is 10.0 Å². The Bertz CT molecular complexity index is 507. The highest BCUT2D eigenvalue weighted by molar-refractivity contribution is 7.89. The number of hydrogen-bond donors (Lipinski definition) is 2. The van der Waals surface area contributed by atoms with E-state index in [0.717, 1.165) is 5.56 Å². The van der Waals surface area contributed by atoms with Gasteiger partial charge in [0, 0.05) is 12.1 Å². The van der Waals surface area contributed by atoms with Gasteiger partial charge in [-0.1, -0.05) is 25.0 Å². The van der Waals surface area contributed by atoms with Crippen molar-refractivity contribution in [1.82, 2.24) is 5.32 Å². The second kappa shape index (κ2) is 5.38. The van der Waals surface area contributed by atoms with E-state index in [-0.39, 0.29) is 10.9 Å². The summed E-state index contributed by atoms with van der Waals surface area (Å²) >= 11 is 0. The van der Waals surface area contributed by atoms with Crippen molar-refractivity contribution in [2.24, 2.45) is 5.14 Å². The van der Waals surface area contributed by atoms with Crippen LogP contribution in [-0.2, 0) is 10.0 Å². The number of nitrogens with one attached hydrogen (secondary N) is 1. The number of primary sulfonamides is 1. The van der Waals surface area contributed by atoms with Crippen LogP contribution in [0.15, 0.2) is 29.2 Å². The molecule has 0 saturated heterocycles. The standard InChI is InChI=1S/C13H20N2O2S/c1-10(15-12-6-2-3-7-12)11-5-4-8-13(9-11)18(14,16)17/h4-5,8-10,12,15H,2-3,6-7H2,1H3,(H2,14,16,17). The Morgan fingerprint density at radius 3 is 2.61 bits per heavy atom. The van der Waals surface area contributed by atoms with Crippen LogP contribution in [0.4, 0.5) is 0 Å². The third-order valence-corrected chi connectivity index (χ3v) is 4.44. The largest absolute Gasteiger partial charge is 0.307 e. The zero-order chi connectivity index (χ0) is 13.2. The first-order valence-corrected chi connectivity index (χ1v) is 7.90. The highest BCUT2D eigenvalue weighted by Crippen LogP contribution is 2.23. The van der Waals surface area contributed by atoms with E-state index in [1.54, 1.807) is 12.1 Å². The number of nitrogens with two attached hydrogens (primary N) is 1. The van der Waals surface area contributed by atoms with E-state index in [0.29, 0.717) is 6.04 Å². The minimum absolute atomic E-state index is 0.148. The summed E-state index contributed by atoms with van der Waals surface area (Å²) in [6.07, 6.45) is 4.97. The van der Waals surface area contributed by atoms with Crippen LogP contribution in [-0.4, -0.2) is 14.5 Å². The van der Waals surface area contributed by atoms with Crippen molar-refractivity contribution in [3.63, 3.8) is 0 Å². The summed E-state index contributed by atoms with van der Waals surface area (Å²) in [5.41, 5.74) is 0.966. The normalized spacial score (nSPS) is 19.0. The summed E-state index contributed by atoms with van der Waals surface area (Å²) in [5, 5.41) is 8.68. The van der Waals surface area contributed by atoms with Crippen LogP contribution in [0.5, 0.6) is 0 Å². The molecule has 100 valence electrons. The molecule has 1 fully saturated rings. The second-order valence-corrected chi connectivity index (χ2v) is 6.55. The lowest BCUT2D eigenvalue weighted by Gasteiger charge is -2.19. The monoisotopic (exact) mass is 268 g/mol. The number of rotatable bonds is 4. The van der Waals surface area contributed by atoms with E-state index in [1.807, 2.05) is 6.07 Å². The molecule has 1 aromatic carbocycles. The Labute approximate surface area is 109 Å². The molecule has 4 nitrogen and oxygen atoms in total. The first kappa shape index (κ1) is 13.5. The molecule has 1 atom stereocenters. The summed E-state index contributed by atoms with van der Waals surface area (Å²) in [6, 6.07) is 7.56. The first-order valence-electron chi connectivity index (χ1n) is 6.35. The molecule has 0 amide bonds. The van der Waals surface area contributed by atoms with Gasteiger partial charge in [0.25, 0.3) is 0 Å². The molecule has 0 heterocycles. The molecule has 5 heteroatoms. The van der Waals surface area contributed by atoms with E-state index >= 15 is 0 Å². The number of benzene rings is 1. The smallest absolute Gasteiger partial charge is 0.238 e. The lowest BCUT2D eigenvalue weighted by Crippen LogP contribution is -2.29. The molecule has 1 aliphatic carbocycles. The predicted octanol–water partition coefficient (Wildman–Crippen LogP) is 1.93. The lowest BCUT2D eigenvalue weighted by molar-refractivity contribution is 0.461. The Balaban J connectivity index is 2.12. The van der Waals surface area contributed by atoms with Crippen molar-refractivity contribution in [2.75, 3.05) is 0 Å². The van der Waals surface area contributed by atoms with Gasteiger partial charge in [0.2, 0.25) is 10.0 Å². The van der Waals surface area contributed by atoms with E-state index in [4.69, 9.17) is 5.14 Å². The summed E-state index contributed by atoms with van der Waals surface area (Å²) in [7, 11) is -3.61. The highest BCUT2D eigenvalue weighted by Gasteiger charge is 2.18. The van der Waals surface area contributed by atoms with E-state index in [2.05, 4.69) is 12.2 Å². The molecule has 0 bridgehead atoms. The highest BCUT2D eigenvalue weighted by atomic mass is 32.2. The summed E-state index contributed by atoms with van der Waals surface area (Å²) in [4.78, 5) is 0.181. The molecule has 0 aliphatic heterocycles. The average molecular weight is 268 g/mol. The van der Waals surface area contributed by atoms with Crippen LogP contribution < -0.4 is 10.5 Å². The van der Waals surface area contributed by atoms with Crippen molar-refractivity contribution in [1.29, 1.82) is 0 Å². The van der Waals surface area contributed by atoms with Gasteiger partial charge in [-0.2, -0.15) is 0 Å². The quantitative estimate of drug-likeness (QED) is 0.876. The molecular formula is C13H20N2O2S. The average Bonchev–Trinajstić information content (AvgIpc) is 2.81. The number of hydrogen-bond acceptors (Lipinski definition) is 3. The molecule has 2 rings (SSSR count). The van der Waals surface area contributed by atoms with Gasteiger partial charge in [-0.05, 0) is 37.5 Å². The third kappa shape index (κ3) is 3.31. The molecule has 1 aromatic rings. The molecule has 18 heavy (non-hydrogen) atoms. The first-order chi connectivity index (χ1) is 8.47.